The molecule has 0 saturated carbocycles. The molecule has 6 nitrogen and oxygen atoms in total. The summed E-state index contributed by atoms with van der Waals surface area (Å²) in [5, 5.41) is 13.8. The number of carbonyl (C=O) groups excluding carboxylic acids is 1. The van der Waals surface area contributed by atoms with Crippen LogP contribution in [0.5, 0.6) is 0 Å². The Morgan fingerprint density at radius 2 is 2.20 bits per heavy atom. The molecule has 0 bridgehead atoms. The van der Waals surface area contributed by atoms with E-state index in [9.17, 15) is 9.18 Å². The standard InChI is InChI=1S/C13H12FN3O3/c1-7-4-5-20-11(7)13(18)16-8-2-3-10(14)9(6-8)12(15)17-19/h2-6,19H,1H3,(H2,15,17)(H,16,18). The van der Waals surface area contributed by atoms with Gasteiger partial charge in [-0.2, -0.15) is 0 Å². The van der Waals surface area contributed by atoms with Gasteiger partial charge in [0.25, 0.3) is 5.91 Å². The Bertz CT molecular complexity index is 679. The average molecular weight is 277 g/mol. The van der Waals surface area contributed by atoms with Gasteiger partial charge in [-0.25, -0.2) is 4.39 Å². The fraction of sp³-hybridized carbons (Fsp3) is 0.0769. The average Bonchev–Trinajstić information content (AvgIpc) is 2.86. The maximum absolute atomic E-state index is 13.5. The minimum Gasteiger partial charge on any atom is -0.459 e. The van der Waals surface area contributed by atoms with Crippen LogP contribution >= 0.6 is 0 Å². The molecule has 0 fully saturated rings. The van der Waals surface area contributed by atoms with Gasteiger partial charge >= 0.3 is 0 Å². The van der Waals surface area contributed by atoms with Gasteiger partial charge in [0, 0.05) is 11.3 Å². The maximum Gasteiger partial charge on any atom is 0.291 e. The first-order valence-electron chi connectivity index (χ1n) is 5.66. The summed E-state index contributed by atoms with van der Waals surface area (Å²) in [7, 11) is 0. The van der Waals surface area contributed by atoms with Gasteiger partial charge in [0.2, 0.25) is 0 Å². The van der Waals surface area contributed by atoms with Crippen molar-refractivity contribution in [1.29, 1.82) is 0 Å². The molecule has 1 aromatic heterocycles. The highest BCUT2D eigenvalue weighted by molar-refractivity contribution is 6.04. The van der Waals surface area contributed by atoms with Crippen LogP contribution in [0, 0.1) is 12.7 Å². The molecule has 1 amide bonds. The predicted molar refractivity (Wildman–Crippen MR) is 70.3 cm³/mol. The number of carbonyl (C=O) groups is 1. The number of halogens is 1. The third-order valence-corrected chi connectivity index (χ3v) is 2.68. The van der Waals surface area contributed by atoms with E-state index < -0.39 is 11.7 Å². The number of benzene rings is 1. The second-order valence-corrected chi connectivity index (χ2v) is 4.07. The summed E-state index contributed by atoms with van der Waals surface area (Å²) in [6, 6.07) is 5.39. The highest BCUT2D eigenvalue weighted by atomic mass is 19.1. The van der Waals surface area contributed by atoms with E-state index >= 15 is 0 Å². The SMILES string of the molecule is Cc1ccoc1C(=O)Nc1ccc(F)c(C(N)=NO)c1. The van der Waals surface area contributed by atoms with Gasteiger partial charge in [-0.05, 0) is 31.2 Å². The first-order valence-corrected chi connectivity index (χ1v) is 5.66. The van der Waals surface area contributed by atoms with Crippen molar-refractivity contribution < 1.29 is 18.8 Å². The highest BCUT2D eigenvalue weighted by Crippen LogP contribution is 2.17. The third kappa shape index (κ3) is 2.61. The summed E-state index contributed by atoms with van der Waals surface area (Å²) in [4.78, 5) is 11.9. The molecule has 104 valence electrons. The fourth-order valence-electron chi connectivity index (χ4n) is 1.65. The first-order chi connectivity index (χ1) is 9.52. The van der Waals surface area contributed by atoms with E-state index in [1.165, 1.54) is 18.4 Å². The number of amidine groups is 1. The number of aryl methyl sites for hydroxylation is 1. The largest absolute Gasteiger partial charge is 0.459 e. The number of oxime groups is 1. The Balaban J connectivity index is 2.27. The zero-order chi connectivity index (χ0) is 14.7. The van der Waals surface area contributed by atoms with Gasteiger partial charge in [-0.15, -0.1) is 0 Å². The molecule has 2 rings (SSSR count). The number of hydrogen-bond donors (Lipinski definition) is 3. The van der Waals surface area contributed by atoms with Crippen molar-refractivity contribution in [3.63, 3.8) is 0 Å². The smallest absolute Gasteiger partial charge is 0.291 e. The lowest BCUT2D eigenvalue weighted by molar-refractivity contribution is 0.0996. The summed E-state index contributed by atoms with van der Waals surface area (Å²) in [5.74, 6) is -1.34. The van der Waals surface area contributed by atoms with Crippen LogP contribution in [0.2, 0.25) is 0 Å². The zero-order valence-electron chi connectivity index (χ0n) is 10.6. The van der Waals surface area contributed by atoms with Gasteiger partial charge in [-0.1, -0.05) is 5.16 Å². The lowest BCUT2D eigenvalue weighted by Crippen LogP contribution is -2.17. The molecule has 7 heteroatoms. The number of amides is 1. The minimum atomic E-state index is -0.660. The Morgan fingerprint density at radius 1 is 1.45 bits per heavy atom. The molecular weight excluding hydrogens is 265 g/mol. The van der Waals surface area contributed by atoms with Gasteiger partial charge in [0.15, 0.2) is 11.6 Å². The minimum absolute atomic E-state index is 0.110. The predicted octanol–water partition coefficient (Wildman–Crippen LogP) is 2.07. The second kappa shape index (κ2) is 5.43. The van der Waals surface area contributed by atoms with Crippen LogP contribution < -0.4 is 11.1 Å². The monoisotopic (exact) mass is 277 g/mol. The molecule has 0 aliphatic carbocycles. The Kier molecular flexibility index (Phi) is 3.69. The molecule has 0 aliphatic heterocycles. The summed E-state index contributed by atoms with van der Waals surface area (Å²) < 4.78 is 18.5. The number of nitrogens with zero attached hydrogens (tertiary/aromatic N) is 1. The van der Waals surface area contributed by atoms with Crippen molar-refractivity contribution in [2.75, 3.05) is 5.32 Å². The topological polar surface area (TPSA) is 101 Å². The zero-order valence-corrected chi connectivity index (χ0v) is 10.6. The van der Waals surface area contributed by atoms with E-state index in [2.05, 4.69) is 10.5 Å². The number of furan rings is 1. The summed E-state index contributed by atoms with van der Waals surface area (Å²) >= 11 is 0. The fourth-order valence-corrected chi connectivity index (χ4v) is 1.65. The van der Waals surface area contributed by atoms with E-state index in [4.69, 9.17) is 15.4 Å². The molecule has 1 heterocycles. The van der Waals surface area contributed by atoms with Gasteiger partial charge in [0.05, 0.1) is 11.8 Å². The van der Waals surface area contributed by atoms with E-state index in [1.807, 2.05) is 0 Å². The van der Waals surface area contributed by atoms with Crippen LogP contribution in [0.25, 0.3) is 0 Å². The lowest BCUT2D eigenvalue weighted by Gasteiger charge is -2.07. The van der Waals surface area contributed by atoms with Crippen LogP contribution in [0.3, 0.4) is 0 Å². The molecule has 0 spiro atoms. The third-order valence-electron chi connectivity index (χ3n) is 2.68. The maximum atomic E-state index is 13.5. The molecule has 2 aromatic rings. The van der Waals surface area contributed by atoms with Crippen molar-refractivity contribution in [1.82, 2.24) is 0 Å². The Labute approximate surface area is 113 Å². The lowest BCUT2D eigenvalue weighted by atomic mass is 10.1. The molecule has 1 aromatic carbocycles. The van der Waals surface area contributed by atoms with Crippen LogP contribution in [-0.2, 0) is 0 Å². The summed E-state index contributed by atoms with van der Waals surface area (Å²) in [6.45, 7) is 1.73. The first kappa shape index (κ1) is 13.6. The summed E-state index contributed by atoms with van der Waals surface area (Å²) in [5.41, 5.74) is 6.21. The van der Waals surface area contributed by atoms with E-state index in [0.29, 0.717) is 11.3 Å². The molecule has 4 N–H and O–H groups in total. The van der Waals surface area contributed by atoms with Crippen molar-refractivity contribution in [2.24, 2.45) is 10.9 Å². The number of nitrogens with two attached hydrogens (primary N) is 1. The number of hydrogen-bond acceptors (Lipinski definition) is 4. The number of anilines is 1. The van der Waals surface area contributed by atoms with Crippen LogP contribution in [0.4, 0.5) is 10.1 Å². The van der Waals surface area contributed by atoms with E-state index in [-0.39, 0.29) is 17.2 Å². The highest BCUT2D eigenvalue weighted by Gasteiger charge is 2.14. The molecule has 0 atom stereocenters. The van der Waals surface area contributed by atoms with Gasteiger partial charge in [0.1, 0.15) is 5.82 Å². The van der Waals surface area contributed by atoms with Gasteiger partial charge < -0.3 is 20.7 Å². The van der Waals surface area contributed by atoms with Crippen LogP contribution in [0.1, 0.15) is 21.7 Å². The molecule has 0 aliphatic rings. The molecule has 0 unspecified atom stereocenters. The van der Waals surface area contributed by atoms with Crippen LogP contribution in [-0.4, -0.2) is 17.0 Å². The van der Waals surface area contributed by atoms with Crippen molar-refractivity contribution >= 4 is 17.4 Å². The molecule has 0 saturated heterocycles. The van der Waals surface area contributed by atoms with Crippen LogP contribution in [0.15, 0.2) is 40.1 Å². The molecule has 0 radical (unpaired) electrons. The molecular formula is C13H12FN3O3. The normalized spacial score (nSPS) is 11.4. The number of rotatable bonds is 3. The quantitative estimate of drug-likeness (QED) is 0.346. The number of nitrogens with one attached hydrogen (secondary N) is 1. The summed E-state index contributed by atoms with van der Waals surface area (Å²) in [6.07, 6.45) is 1.40. The Morgan fingerprint density at radius 3 is 2.80 bits per heavy atom. The van der Waals surface area contributed by atoms with E-state index in [1.54, 1.807) is 13.0 Å². The van der Waals surface area contributed by atoms with Crippen molar-refractivity contribution in [3.8, 4) is 0 Å². The second-order valence-electron chi connectivity index (χ2n) is 4.07. The Hall–Kier alpha value is -2.83. The van der Waals surface area contributed by atoms with Crippen molar-refractivity contribution in [2.45, 2.75) is 6.92 Å². The van der Waals surface area contributed by atoms with Crippen molar-refractivity contribution in [3.05, 3.63) is 53.2 Å². The van der Waals surface area contributed by atoms with E-state index in [0.717, 1.165) is 6.07 Å². The van der Waals surface area contributed by atoms with Gasteiger partial charge in [-0.3, -0.25) is 4.79 Å². The molecule has 20 heavy (non-hydrogen) atoms.